The second kappa shape index (κ2) is 6.79. The van der Waals surface area contributed by atoms with Crippen molar-refractivity contribution in [3.05, 3.63) is 71.9 Å². The lowest BCUT2D eigenvalue weighted by atomic mass is 10.2. The van der Waals surface area contributed by atoms with Crippen LogP contribution in [0.4, 0.5) is 0 Å². The fourth-order valence-electron chi connectivity index (χ4n) is 2.15. The highest BCUT2D eigenvalue weighted by atomic mass is 16.5. The molecule has 5 nitrogen and oxygen atoms in total. The van der Waals surface area contributed by atoms with E-state index in [9.17, 15) is 4.79 Å². The molecule has 2 aromatic carbocycles. The molecule has 0 aliphatic carbocycles. The Morgan fingerprint density at radius 2 is 1.96 bits per heavy atom. The van der Waals surface area contributed by atoms with Crippen molar-refractivity contribution in [3.8, 4) is 17.1 Å². The second-order valence-corrected chi connectivity index (χ2v) is 4.94. The second-order valence-electron chi connectivity index (χ2n) is 4.94. The van der Waals surface area contributed by atoms with E-state index in [1.807, 2.05) is 36.4 Å². The molecule has 1 amide bonds. The Kier molecular flexibility index (Phi) is 4.38. The Balaban J connectivity index is 1.67. The maximum atomic E-state index is 11.6. The van der Waals surface area contributed by atoms with Gasteiger partial charge in [-0.3, -0.25) is 4.79 Å². The minimum Gasteiger partial charge on any atom is -0.487 e. The fourth-order valence-corrected chi connectivity index (χ4v) is 2.15. The van der Waals surface area contributed by atoms with Crippen molar-refractivity contribution in [1.82, 2.24) is 10.5 Å². The molecule has 116 valence electrons. The smallest absolute Gasteiger partial charge is 0.251 e. The minimum atomic E-state index is -0.150. The minimum absolute atomic E-state index is 0.150. The molecule has 0 unspecified atom stereocenters. The number of carbonyl (C=O) groups is 1. The summed E-state index contributed by atoms with van der Waals surface area (Å²) in [5, 5.41) is 6.58. The van der Waals surface area contributed by atoms with Gasteiger partial charge in [0.1, 0.15) is 18.1 Å². The average Bonchev–Trinajstić information content (AvgIpc) is 3.09. The molecule has 0 aliphatic rings. The SMILES string of the molecule is CNC(=O)c1cccc(OCc2cc(-c3ccccc3)on2)c1. The monoisotopic (exact) mass is 308 g/mol. The van der Waals surface area contributed by atoms with Gasteiger partial charge in [-0.05, 0) is 18.2 Å². The lowest BCUT2D eigenvalue weighted by Crippen LogP contribution is -2.17. The summed E-state index contributed by atoms with van der Waals surface area (Å²) in [4.78, 5) is 11.6. The summed E-state index contributed by atoms with van der Waals surface area (Å²) < 4.78 is 11.0. The fraction of sp³-hybridized carbons (Fsp3) is 0.111. The first-order valence-electron chi connectivity index (χ1n) is 7.22. The summed E-state index contributed by atoms with van der Waals surface area (Å²) in [6.07, 6.45) is 0. The summed E-state index contributed by atoms with van der Waals surface area (Å²) in [6.45, 7) is 0.271. The first-order valence-corrected chi connectivity index (χ1v) is 7.22. The number of hydrogen-bond donors (Lipinski definition) is 1. The van der Waals surface area contributed by atoms with Gasteiger partial charge in [-0.1, -0.05) is 41.6 Å². The van der Waals surface area contributed by atoms with Gasteiger partial charge in [0, 0.05) is 24.2 Å². The van der Waals surface area contributed by atoms with E-state index in [0.29, 0.717) is 22.8 Å². The summed E-state index contributed by atoms with van der Waals surface area (Å²) in [7, 11) is 1.59. The van der Waals surface area contributed by atoms with E-state index in [1.165, 1.54) is 0 Å². The van der Waals surface area contributed by atoms with Crippen molar-refractivity contribution in [1.29, 1.82) is 0 Å². The Morgan fingerprint density at radius 3 is 2.74 bits per heavy atom. The molecule has 0 saturated carbocycles. The van der Waals surface area contributed by atoms with Crippen molar-refractivity contribution in [3.63, 3.8) is 0 Å². The van der Waals surface area contributed by atoms with Gasteiger partial charge in [0.05, 0.1) is 0 Å². The Bertz CT molecular complexity index is 797. The quantitative estimate of drug-likeness (QED) is 0.785. The molecule has 0 bridgehead atoms. The first kappa shape index (κ1) is 14.8. The summed E-state index contributed by atoms with van der Waals surface area (Å²) in [5.41, 5.74) is 2.21. The molecular weight excluding hydrogens is 292 g/mol. The highest BCUT2D eigenvalue weighted by Gasteiger charge is 2.08. The molecule has 0 fully saturated rings. The molecule has 1 heterocycles. The van der Waals surface area contributed by atoms with Crippen molar-refractivity contribution >= 4 is 5.91 Å². The van der Waals surface area contributed by atoms with Gasteiger partial charge in [0.2, 0.25) is 0 Å². The van der Waals surface area contributed by atoms with Crippen LogP contribution in [0.3, 0.4) is 0 Å². The summed E-state index contributed by atoms with van der Waals surface area (Å²) in [5.74, 6) is 1.15. The third-order valence-corrected chi connectivity index (χ3v) is 3.33. The maximum Gasteiger partial charge on any atom is 0.251 e. The lowest BCUT2D eigenvalue weighted by molar-refractivity contribution is 0.0962. The molecular formula is C18H16N2O3. The van der Waals surface area contributed by atoms with Gasteiger partial charge in [0.25, 0.3) is 5.91 Å². The van der Waals surface area contributed by atoms with Crippen LogP contribution in [0.1, 0.15) is 16.1 Å². The van der Waals surface area contributed by atoms with Gasteiger partial charge in [-0.15, -0.1) is 0 Å². The third-order valence-electron chi connectivity index (χ3n) is 3.33. The highest BCUT2D eigenvalue weighted by molar-refractivity contribution is 5.94. The largest absolute Gasteiger partial charge is 0.487 e. The van der Waals surface area contributed by atoms with Crippen LogP contribution in [0, 0.1) is 0 Å². The Labute approximate surface area is 133 Å². The molecule has 1 aromatic heterocycles. The van der Waals surface area contributed by atoms with E-state index in [1.54, 1.807) is 31.3 Å². The zero-order chi connectivity index (χ0) is 16.1. The molecule has 0 atom stereocenters. The van der Waals surface area contributed by atoms with Crippen molar-refractivity contribution < 1.29 is 14.1 Å². The van der Waals surface area contributed by atoms with Gasteiger partial charge >= 0.3 is 0 Å². The van der Waals surface area contributed by atoms with Gasteiger partial charge in [-0.25, -0.2) is 0 Å². The molecule has 0 aliphatic heterocycles. The van der Waals surface area contributed by atoms with Crippen LogP contribution in [-0.2, 0) is 6.61 Å². The number of rotatable bonds is 5. The number of amides is 1. The number of carbonyl (C=O) groups excluding carboxylic acids is 1. The molecule has 3 rings (SSSR count). The molecule has 0 saturated heterocycles. The molecule has 5 heteroatoms. The Hall–Kier alpha value is -3.08. The number of ether oxygens (including phenoxy) is 1. The lowest BCUT2D eigenvalue weighted by Gasteiger charge is -2.05. The zero-order valence-corrected chi connectivity index (χ0v) is 12.7. The van der Waals surface area contributed by atoms with E-state index < -0.39 is 0 Å². The standard InChI is InChI=1S/C18H16N2O3/c1-19-18(21)14-8-5-9-16(10-14)22-12-15-11-17(23-20-15)13-6-3-2-4-7-13/h2-11H,12H2,1H3,(H,19,21). The van der Waals surface area contributed by atoms with E-state index in [4.69, 9.17) is 9.26 Å². The van der Waals surface area contributed by atoms with Crippen LogP contribution in [0.25, 0.3) is 11.3 Å². The van der Waals surface area contributed by atoms with E-state index >= 15 is 0 Å². The summed E-state index contributed by atoms with van der Waals surface area (Å²) in [6, 6.07) is 18.6. The number of nitrogens with zero attached hydrogens (tertiary/aromatic N) is 1. The van der Waals surface area contributed by atoms with Crippen molar-refractivity contribution in [2.75, 3.05) is 7.05 Å². The number of nitrogens with one attached hydrogen (secondary N) is 1. The molecule has 3 aromatic rings. The van der Waals surface area contributed by atoms with Gasteiger partial charge in [0.15, 0.2) is 5.76 Å². The number of benzene rings is 2. The van der Waals surface area contributed by atoms with Crippen molar-refractivity contribution in [2.45, 2.75) is 6.61 Å². The number of aromatic nitrogens is 1. The predicted molar refractivity (Wildman–Crippen MR) is 86.1 cm³/mol. The highest BCUT2D eigenvalue weighted by Crippen LogP contribution is 2.21. The summed E-state index contributed by atoms with van der Waals surface area (Å²) >= 11 is 0. The maximum absolute atomic E-state index is 11.6. The Morgan fingerprint density at radius 1 is 1.13 bits per heavy atom. The van der Waals surface area contributed by atoms with Crippen LogP contribution in [0.2, 0.25) is 0 Å². The van der Waals surface area contributed by atoms with Gasteiger partial charge < -0.3 is 14.6 Å². The topological polar surface area (TPSA) is 64.4 Å². The van der Waals surface area contributed by atoms with Crippen LogP contribution in [0.5, 0.6) is 5.75 Å². The van der Waals surface area contributed by atoms with E-state index in [0.717, 1.165) is 5.56 Å². The molecule has 1 N–H and O–H groups in total. The van der Waals surface area contributed by atoms with Crippen LogP contribution < -0.4 is 10.1 Å². The van der Waals surface area contributed by atoms with E-state index in [-0.39, 0.29) is 12.5 Å². The third kappa shape index (κ3) is 3.58. The average molecular weight is 308 g/mol. The van der Waals surface area contributed by atoms with Crippen LogP contribution in [-0.4, -0.2) is 18.1 Å². The van der Waals surface area contributed by atoms with Crippen LogP contribution in [0.15, 0.2) is 65.2 Å². The van der Waals surface area contributed by atoms with Gasteiger partial charge in [-0.2, -0.15) is 0 Å². The first-order chi connectivity index (χ1) is 11.3. The predicted octanol–water partition coefficient (Wildman–Crippen LogP) is 3.28. The molecule has 0 radical (unpaired) electrons. The zero-order valence-electron chi connectivity index (χ0n) is 12.7. The molecule has 23 heavy (non-hydrogen) atoms. The number of hydrogen-bond acceptors (Lipinski definition) is 4. The van der Waals surface area contributed by atoms with Crippen LogP contribution >= 0.6 is 0 Å². The van der Waals surface area contributed by atoms with Crippen molar-refractivity contribution in [2.24, 2.45) is 0 Å². The van der Waals surface area contributed by atoms with E-state index in [2.05, 4.69) is 10.5 Å². The normalized spacial score (nSPS) is 10.3. The molecule has 0 spiro atoms.